The lowest BCUT2D eigenvalue weighted by Crippen LogP contribution is -2.41. The highest BCUT2D eigenvalue weighted by atomic mass is 35.5. The Morgan fingerprint density at radius 3 is 2.54 bits per heavy atom. The van der Waals surface area contributed by atoms with Gasteiger partial charge in [0.1, 0.15) is 0 Å². The maximum absolute atomic E-state index is 11.6. The lowest BCUT2D eigenvalue weighted by molar-refractivity contribution is -0.741. The van der Waals surface area contributed by atoms with E-state index in [-0.39, 0.29) is 5.97 Å². The Hall–Kier alpha value is -2.66. The van der Waals surface area contributed by atoms with E-state index in [4.69, 9.17) is 22.1 Å². The number of carbonyl (C=O) groups excluding carboxylic acids is 1. The van der Waals surface area contributed by atoms with Crippen molar-refractivity contribution in [2.24, 2.45) is 0 Å². The van der Waals surface area contributed by atoms with Crippen LogP contribution >= 0.6 is 11.6 Å². The van der Waals surface area contributed by atoms with Gasteiger partial charge in [0.2, 0.25) is 5.69 Å². The lowest BCUT2D eigenvalue weighted by atomic mass is 10.0. The molecule has 0 atom stereocenters. The molecule has 0 bridgehead atoms. The van der Waals surface area contributed by atoms with E-state index in [1.807, 2.05) is 53.2 Å². The summed E-state index contributed by atoms with van der Waals surface area (Å²) in [5.41, 5.74) is 8.11. The summed E-state index contributed by atoms with van der Waals surface area (Å²) >= 11 is 6.04. The van der Waals surface area contributed by atoms with E-state index in [2.05, 4.69) is 5.10 Å². The lowest BCUT2D eigenvalue weighted by Gasteiger charge is -2.08. The van der Waals surface area contributed by atoms with Crippen molar-refractivity contribution in [2.75, 3.05) is 12.3 Å². The summed E-state index contributed by atoms with van der Waals surface area (Å²) in [5.74, 6) is 0.268. The van der Waals surface area contributed by atoms with E-state index in [0.29, 0.717) is 36.8 Å². The Kier molecular flexibility index (Phi) is 5.68. The van der Waals surface area contributed by atoms with Gasteiger partial charge < -0.3 is 10.5 Å². The van der Waals surface area contributed by atoms with E-state index in [9.17, 15) is 4.79 Å². The molecule has 2 aromatic carbocycles. The second kappa shape index (κ2) is 8.15. The summed E-state index contributed by atoms with van der Waals surface area (Å²) in [6, 6.07) is 15.5. The van der Waals surface area contributed by atoms with E-state index in [1.54, 1.807) is 6.92 Å². The number of nitrogen functional groups attached to an aromatic ring is 1. The Morgan fingerprint density at radius 2 is 1.85 bits per heavy atom. The number of halogens is 1. The molecule has 0 unspecified atom stereocenters. The van der Waals surface area contributed by atoms with Crippen LogP contribution < -0.4 is 10.4 Å². The molecule has 0 spiro atoms. The number of nitrogens with zero attached hydrogens (tertiary/aromatic N) is 2. The van der Waals surface area contributed by atoms with Gasteiger partial charge in [-0.3, -0.25) is 4.79 Å². The quantitative estimate of drug-likeness (QED) is 0.529. The molecule has 134 valence electrons. The maximum atomic E-state index is 11.6. The first-order valence-electron chi connectivity index (χ1n) is 8.60. The van der Waals surface area contributed by atoms with Crippen molar-refractivity contribution in [1.29, 1.82) is 0 Å². The van der Waals surface area contributed by atoms with Crippen molar-refractivity contribution in [3.63, 3.8) is 0 Å². The third-order valence-electron chi connectivity index (χ3n) is 4.12. The first kappa shape index (κ1) is 18.1. The molecule has 0 aliphatic rings. The van der Waals surface area contributed by atoms with Gasteiger partial charge in [-0.15, -0.1) is 0 Å². The number of hydrogen-bond donors (Lipinski definition) is 1. The first-order chi connectivity index (χ1) is 12.6. The average molecular weight is 371 g/mol. The average Bonchev–Trinajstić information content (AvgIpc) is 2.63. The molecule has 0 fully saturated rings. The minimum atomic E-state index is -0.199. The van der Waals surface area contributed by atoms with E-state index >= 15 is 0 Å². The molecule has 0 saturated heterocycles. The highest BCUT2D eigenvalue weighted by Crippen LogP contribution is 2.28. The molecule has 3 rings (SSSR count). The van der Waals surface area contributed by atoms with Crippen LogP contribution in [-0.2, 0) is 16.1 Å². The van der Waals surface area contributed by atoms with Crippen molar-refractivity contribution in [3.05, 3.63) is 53.6 Å². The van der Waals surface area contributed by atoms with Crippen molar-refractivity contribution < 1.29 is 14.2 Å². The number of benzene rings is 2. The number of carbonyl (C=O) groups is 1. The summed E-state index contributed by atoms with van der Waals surface area (Å²) in [4.78, 5) is 11.6. The molecular formula is C20H21ClN3O2+. The molecule has 1 heterocycles. The molecule has 3 aromatic rings. The topological polar surface area (TPSA) is 69.1 Å². The third kappa shape index (κ3) is 3.94. The Labute approximate surface area is 157 Å². The maximum Gasteiger partial charge on any atom is 0.306 e. The van der Waals surface area contributed by atoms with Gasteiger partial charge >= 0.3 is 5.97 Å². The highest BCUT2D eigenvalue weighted by molar-refractivity contribution is 6.30. The van der Waals surface area contributed by atoms with Gasteiger partial charge in [-0.1, -0.05) is 34.5 Å². The van der Waals surface area contributed by atoms with Crippen LogP contribution in [0.25, 0.3) is 22.0 Å². The number of aromatic nitrogens is 2. The van der Waals surface area contributed by atoms with Crippen molar-refractivity contribution in [1.82, 2.24) is 5.10 Å². The largest absolute Gasteiger partial charge is 0.466 e. The number of ether oxygens (including phenoxy) is 1. The van der Waals surface area contributed by atoms with Gasteiger partial charge in [0.15, 0.2) is 12.4 Å². The van der Waals surface area contributed by atoms with Gasteiger partial charge in [0.05, 0.1) is 18.4 Å². The zero-order valence-electron chi connectivity index (χ0n) is 14.6. The van der Waals surface area contributed by atoms with Crippen LogP contribution in [0.4, 0.5) is 5.82 Å². The highest BCUT2D eigenvalue weighted by Gasteiger charge is 2.22. The van der Waals surface area contributed by atoms with E-state index < -0.39 is 0 Å². The molecule has 2 N–H and O–H groups in total. The standard InChI is InChI=1S/C20H21ClN3O2/c1-2-26-18(25)8-5-13-24-19(14-9-11-15(21)12-10-14)16-6-3-4-7-17(16)20(22)23-24/h3-4,6-7,9-12H,2,5,8,13H2,1H3,(H2,22,23)/q+1. The molecule has 0 radical (unpaired) electrons. The van der Waals surface area contributed by atoms with Gasteiger partial charge in [0, 0.05) is 27.5 Å². The number of nitrogens with two attached hydrogens (primary N) is 1. The van der Waals surface area contributed by atoms with Crippen LogP contribution in [-0.4, -0.2) is 17.7 Å². The van der Waals surface area contributed by atoms with Crippen LogP contribution in [0, 0.1) is 0 Å². The SMILES string of the molecule is CCOC(=O)CCC[n+]1nc(N)c2ccccc2c1-c1ccc(Cl)cc1. The van der Waals surface area contributed by atoms with Crippen molar-refractivity contribution >= 4 is 34.2 Å². The molecule has 0 aliphatic carbocycles. The van der Waals surface area contributed by atoms with E-state index in [1.165, 1.54) is 0 Å². The van der Waals surface area contributed by atoms with Crippen LogP contribution in [0.15, 0.2) is 48.5 Å². The molecule has 6 heteroatoms. The second-order valence-electron chi connectivity index (χ2n) is 5.92. The van der Waals surface area contributed by atoms with Crippen LogP contribution in [0.2, 0.25) is 5.02 Å². The Balaban J connectivity index is 2.02. The summed E-state index contributed by atoms with van der Waals surface area (Å²) in [6.45, 7) is 2.76. The van der Waals surface area contributed by atoms with Crippen molar-refractivity contribution in [3.8, 4) is 11.3 Å². The monoisotopic (exact) mass is 370 g/mol. The van der Waals surface area contributed by atoms with Crippen LogP contribution in [0.1, 0.15) is 19.8 Å². The van der Waals surface area contributed by atoms with Crippen molar-refractivity contribution in [2.45, 2.75) is 26.3 Å². The minimum Gasteiger partial charge on any atom is -0.466 e. The number of esters is 1. The number of fused-ring (bicyclic) bond motifs is 1. The number of hydrogen-bond acceptors (Lipinski definition) is 4. The first-order valence-corrected chi connectivity index (χ1v) is 8.98. The zero-order valence-corrected chi connectivity index (χ0v) is 15.4. The molecule has 0 amide bonds. The zero-order chi connectivity index (χ0) is 18.5. The van der Waals surface area contributed by atoms with Gasteiger partial charge in [-0.05, 0) is 37.3 Å². The number of anilines is 1. The Bertz CT molecular complexity index is 926. The summed E-state index contributed by atoms with van der Waals surface area (Å²) in [6.07, 6.45) is 0.962. The van der Waals surface area contributed by atoms with Gasteiger partial charge in [-0.2, -0.15) is 0 Å². The molecule has 1 aromatic heterocycles. The minimum absolute atomic E-state index is 0.199. The van der Waals surface area contributed by atoms with Gasteiger partial charge in [-0.25, -0.2) is 0 Å². The molecule has 5 nitrogen and oxygen atoms in total. The molecule has 0 saturated carbocycles. The van der Waals surface area contributed by atoms with Crippen LogP contribution in [0.3, 0.4) is 0 Å². The smallest absolute Gasteiger partial charge is 0.306 e. The predicted molar refractivity (Wildman–Crippen MR) is 103 cm³/mol. The summed E-state index contributed by atoms with van der Waals surface area (Å²) < 4.78 is 6.86. The fraction of sp³-hybridized carbons (Fsp3) is 0.250. The molecule has 0 aliphatic heterocycles. The third-order valence-corrected chi connectivity index (χ3v) is 4.37. The van der Waals surface area contributed by atoms with Crippen LogP contribution in [0.5, 0.6) is 0 Å². The predicted octanol–water partition coefficient (Wildman–Crippen LogP) is 3.77. The second-order valence-corrected chi connectivity index (χ2v) is 6.35. The Morgan fingerprint density at radius 1 is 1.15 bits per heavy atom. The molecule has 26 heavy (non-hydrogen) atoms. The van der Waals surface area contributed by atoms with Gasteiger partial charge in [0.25, 0.3) is 0 Å². The normalized spacial score (nSPS) is 10.8. The summed E-state index contributed by atoms with van der Waals surface area (Å²) in [7, 11) is 0. The number of aryl methyl sites for hydroxylation is 1. The fourth-order valence-electron chi connectivity index (χ4n) is 2.97. The fourth-order valence-corrected chi connectivity index (χ4v) is 3.09. The number of rotatable bonds is 6. The van der Waals surface area contributed by atoms with E-state index in [0.717, 1.165) is 22.0 Å². The summed E-state index contributed by atoms with van der Waals surface area (Å²) in [5, 5.41) is 7.14. The molecular weight excluding hydrogens is 350 g/mol.